The van der Waals surface area contributed by atoms with Crippen molar-refractivity contribution in [3.63, 3.8) is 0 Å². The summed E-state index contributed by atoms with van der Waals surface area (Å²) < 4.78 is 5.20. The van der Waals surface area contributed by atoms with Crippen molar-refractivity contribution in [2.75, 3.05) is 0 Å². The standard InChI is InChI=1S/C19H17NO3/c1-20-18-9-7-15(8-10-18)11-17(13-21)12-19(22)23-14-16-5-3-2-4-6-16/h2-10,13,17H,11-12,14H2/t17-/m1/s1. The summed E-state index contributed by atoms with van der Waals surface area (Å²) in [5.41, 5.74) is 2.39. The molecule has 1 atom stereocenters. The maximum absolute atomic E-state index is 11.9. The number of aldehydes is 1. The van der Waals surface area contributed by atoms with E-state index < -0.39 is 5.92 Å². The molecule has 0 saturated heterocycles. The predicted molar refractivity (Wildman–Crippen MR) is 86.8 cm³/mol. The van der Waals surface area contributed by atoms with Crippen LogP contribution in [0.3, 0.4) is 0 Å². The summed E-state index contributed by atoms with van der Waals surface area (Å²) in [7, 11) is 0. The van der Waals surface area contributed by atoms with Gasteiger partial charge in [-0.2, -0.15) is 0 Å². The van der Waals surface area contributed by atoms with Crippen LogP contribution >= 0.6 is 0 Å². The highest BCUT2D eigenvalue weighted by molar-refractivity contribution is 5.74. The van der Waals surface area contributed by atoms with Crippen LogP contribution < -0.4 is 0 Å². The summed E-state index contributed by atoms with van der Waals surface area (Å²) in [4.78, 5) is 26.4. The maximum Gasteiger partial charge on any atom is 0.306 e. The van der Waals surface area contributed by atoms with Gasteiger partial charge in [0.1, 0.15) is 12.9 Å². The number of carbonyl (C=O) groups is 2. The Hall–Kier alpha value is -2.93. The molecular formula is C19H17NO3. The Labute approximate surface area is 135 Å². The highest BCUT2D eigenvalue weighted by atomic mass is 16.5. The normalized spacial score (nSPS) is 11.3. The van der Waals surface area contributed by atoms with Gasteiger partial charge in [0.2, 0.25) is 0 Å². The van der Waals surface area contributed by atoms with E-state index in [0.717, 1.165) is 17.4 Å². The lowest BCUT2D eigenvalue weighted by molar-refractivity contribution is -0.146. The van der Waals surface area contributed by atoms with Crippen LogP contribution in [0.15, 0.2) is 54.6 Å². The van der Waals surface area contributed by atoms with Gasteiger partial charge >= 0.3 is 5.97 Å². The molecule has 0 aliphatic heterocycles. The smallest absolute Gasteiger partial charge is 0.306 e. The van der Waals surface area contributed by atoms with Gasteiger partial charge in [0.25, 0.3) is 0 Å². The van der Waals surface area contributed by atoms with E-state index in [-0.39, 0.29) is 19.0 Å². The molecule has 0 spiro atoms. The molecule has 0 bridgehead atoms. The van der Waals surface area contributed by atoms with Crippen LogP contribution in [0.25, 0.3) is 4.85 Å². The molecule has 0 aliphatic carbocycles. The molecule has 0 unspecified atom stereocenters. The molecule has 0 saturated carbocycles. The van der Waals surface area contributed by atoms with Crippen molar-refractivity contribution >= 4 is 17.9 Å². The van der Waals surface area contributed by atoms with E-state index in [1.165, 1.54) is 0 Å². The first-order chi connectivity index (χ1) is 11.2. The average Bonchev–Trinajstić information content (AvgIpc) is 2.61. The van der Waals surface area contributed by atoms with Gasteiger partial charge in [-0.3, -0.25) is 4.79 Å². The van der Waals surface area contributed by atoms with E-state index >= 15 is 0 Å². The van der Waals surface area contributed by atoms with Crippen LogP contribution in [0.5, 0.6) is 0 Å². The summed E-state index contributed by atoms with van der Waals surface area (Å²) in [5.74, 6) is -0.805. The van der Waals surface area contributed by atoms with Crippen molar-refractivity contribution < 1.29 is 14.3 Å². The zero-order valence-corrected chi connectivity index (χ0v) is 12.6. The van der Waals surface area contributed by atoms with Gasteiger partial charge in [0, 0.05) is 5.92 Å². The van der Waals surface area contributed by atoms with Gasteiger partial charge in [0.05, 0.1) is 13.0 Å². The molecule has 0 aliphatic rings. The Morgan fingerprint density at radius 2 is 1.78 bits per heavy atom. The van der Waals surface area contributed by atoms with Crippen molar-refractivity contribution in [3.05, 3.63) is 77.1 Å². The first-order valence-electron chi connectivity index (χ1n) is 7.32. The van der Waals surface area contributed by atoms with Gasteiger partial charge in [-0.15, -0.1) is 0 Å². The monoisotopic (exact) mass is 307 g/mol. The second kappa shape index (κ2) is 8.50. The number of carbonyl (C=O) groups excluding carboxylic acids is 2. The van der Waals surface area contributed by atoms with Gasteiger partial charge in [-0.25, -0.2) is 4.85 Å². The third kappa shape index (κ3) is 5.40. The average molecular weight is 307 g/mol. The summed E-state index contributed by atoms with van der Waals surface area (Å²) in [6.45, 7) is 7.12. The fraction of sp³-hybridized carbons (Fsp3) is 0.211. The van der Waals surface area contributed by atoms with Crippen LogP contribution in [0.1, 0.15) is 17.5 Å². The molecule has 2 rings (SSSR count). The van der Waals surface area contributed by atoms with E-state index in [0.29, 0.717) is 12.1 Å². The third-order valence-corrected chi connectivity index (χ3v) is 3.43. The van der Waals surface area contributed by atoms with Gasteiger partial charge in [0.15, 0.2) is 5.69 Å². The number of hydrogen-bond donors (Lipinski definition) is 0. The van der Waals surface area contributed by atoms with Gasteiger partial charge in [-0.05, 0) is 17.5 Å². The Morgan fingerprint density at radius 3 is 2.39 bits per heavy atom. The third-order valence-electron chi connectivity index (χ3n) is 3.43. The second-order valence-electron chi connectivity index (χ2n) is 5.23. The Morgan fingerprint density at radius 1 is 1.09 bits per heavy atom. The fourth-order valence-corrected chi connectivity index (χ4v) is 2.19. The number of ether oxygens (including phenoxy) is 1. The minimum Gasteiger partial charge on any atom is -0.461 e. The molecule has 0 fully saturated rings. The van der Waals surface area contributed by atoms with Crippen molar-refractivity contribution in [1.29, 1.82) is 0 Å². The Balaban J connectivity index is 1.84. The van der Waals surface area contributed by atoms with E-state index in [1.54, 1.807) is 24.3 Å². The molecule has 23 heavy (non-hydrogen) atoms. The minimum atomic E-state index is -0.419. The maximum atomic E-state index is 11.9. The lowest BCUT2D eigenvalue weighted by Crippen LogP contribution is -2.15. The summed E-state index contributed by atoms with van der Waals surface area (Å²) in [5, 5.41) is 0. The first kappa shape index (κ1) is 16.4. The number of esters is 1. The fourth-order valence-electron chi connectivity index (χ4n) is 2.19. The number of benzene rings is 2. The molecule has 4 nitrogen and oxygen atoms in total. The number of hydrogen-bond acceptors (Lipinski definition) is 3. The zero-order valence-electron chi connectivity index (χ0n) is 12.6. The van der Waals surface area contributed by atoms with Crippen molar-refractivity contribution in [1.82, 2.24) is 0 Å². The Bertz CT molecular complexity index is 687. The molecular weight excluding hydrogens is 290 g/mol. The van der Waals surface area contributed by atoms with Crippen molar-refractivity contribution in [3.8, 4) is 0 Å². The SMILES string of the molecule is [C-]#[N+]c1ccc(C[C@@H](C=O)CC(=O)OCc2ccccc2)cc1. The van der Waals surface area contributed by atoms with Crippen molar-refractivity contribution in [2.24, 2.45) is 5.92 Å². The van der Waals surface area contributed by atoms with Gasteiger partial charge in [-0.1, -0.05) is 54.6 Å². The van der Waals surface area contributed by atoms with Crippen LogP contribution in [-0.2, 0) is 27.4 Å². The second-order valence-corrected chi connectivity index (χ2v) is 5.23. The van der Waals surface area contributed by atoms with Crippen LogP contribution in [0.4, 0.5) is 5.69 Å². The molecule has 116 valence electrons. The van der Waals surface area contributed by atoms with Crippen LogP contribution in [-0.4, -0.2) is 12.3 Å². The van der Waals surface area contributed by atoms with Crippen LogP contribution in [0.2, 0.25) is 0 Å². The molecule has 0 amide bonds. The molecule has 0 radical (unpaired) electrons. The molecule has 0 N–H and O–H groups in total. The van der Waals surface area contributed by atoms with Crippen LogP contribution in [0, 0.1) is 12.5 Å². The minimum absolute atomic E-state index is 0.0565. The molecule has 0 aromatic heterocycles. The highest BCUT2D eigenvalue weighted by Crippen LogP contribution is 2.17. The lowest BCUT2D eigenvalue weighted by atomic mass is 9.97. The predicted octanol–water partition coefficient (Wildman–Crippen LogP) is 3.73. The topological polar surface area (TPSA) is 47.7 Å². The quantitative estimate of drug-likeness (QED) is 0.445. The first-order valence-corrected chi connectivity index (χ1v) is 7.32. The van der Waals surface area contributed by atoms with Crippen molar-refractivity contribution in [2.45, 2.75) is 19.4 Å². The van der Waals surface area contributed by atoms with E-state index in [4.69, 9.17) is 11.3 Å². The number of nitrogens with zero attached hydrogens (tertiary/aromatic N) is 1. The van der Waals surface area contributed by atoms with E-state index in [9.17, 15) is 9.59 Å². The molecule has 0 heterocycles. The van der Waals surface area contributed by atoms with Gasteiger partial charge < -0.3 is 9.53 Å². The largest absolute Gasteiger partial charge is 0.461 e. The zero-order chi connectivity index (χ0) is 16.5. The van der Waals surface area contributed by atoms with E-state index in [2.05, 4.69) is 4.85 Å². The Kier molecular flexibility index (Phi) is 6.07. The lowest BCUT2D eigenvalue weighted by Gasteiger charge is -2.10. The molecule has 2 aromatic carbocycles. The highest BCUT2D eigenvalue weighted by Gasteiger charge is 2.15. The summed E-state index contributed by atoms with van der Waals surface area (Å²) in [6.07, 6.45) is 1.30. The van der Waals surface area contributed by atoms with E-state index in [1.807, 2.05) is 30.3 Å². The molecule has 2 aromatic rings. The summed E-state index contributed by atoms with van der Waals surface area (Å²) in [6, 6.07) is 16.4. The molecule has 4 heteroatoms. The number of rotatable bonds is 7. The summed E-state index contributed by atoms with van der Waals surface area (Å²) >= 11 is 0.